The minimum Gasteiger partial charge on any atom is -0.393 e. The Morgan fingerprint density at radius 2 is 2.25 bits per heavy atom. The lowest BCUT2D eigenvalue weighted by Gasteiger charge is -2.36. The molecule has 2 saturated heterocycles. The average molecular weight is 350 g/mol. The standard InChI is InChI=1S/C17H20ClN3O3/c18-16-15(21-7-2-1-5-14(21)19-16)17(23)20-8-3-4-12(20)11-10-24-9-6-13(11)22/h1-2,5,7,11-13,22H,3-4,6,8-10H2/t11-,12+,13+/m0/s1. The van der Waals surface area contributed by atoms with E-state index < -0.39 is 6.10 Å². The van der Waals surface area contributed by atoms with Crippen molar-refractivity contribution in [3.05, 3.63) is 35.2 Å². The van der Waals surface area contributed by atoms with Crippen LogP contribution in [0.15, 0.2) is 24.4 Å². The van der Waals surface area contributed by atoms with E-state index in [0.29, 0.717) is 37.5 Å². The number of imidazole rings is 1. The molecule has 4 heterocycles. The summed E-state index contributed by atoms with van der Waals surface area (Å²) in [5, 5.41) is 10.5. The van der Waals surface area contributed by atoms with E-state index >= 15 is 0 Å². The number of hydrogen-bond acceptors (Lipinski definition) is 4. The number of aliphatic hydroxyl groups excluding tert-OH is 1. The Morgan fingerprint density at radius 3 is 3.08 bits per heavy atom. The number of carbonyl (C=O) groups excluding carboxylic acids is 1. The smallest absolute Gasteiger partial charge is 0.274 e. The number of aromatic nitrogens is 2. The zero-order valence-corrected chi connectivity index (χ0v) is 14.0. The molecule has 2 aromatic heterocycles. The first kappa shape index (κ1) is 15.9. The van der Waals surface area contributed by atoms with E-state index in [0.717, 1.165) is 12.8 Å². The van der Waals surface area contributed by atoms with Gasteiger partial charge in [0.05, 0.1) is 12.7 Å². The van der Waals surface area contributed by atoms with Crippen LogP contribution < -0.4 is 0 Å². The van der Waals surface area contributed by atoms with Crippen molar-refractivity contribution >= 4 is 23.2 Å². The molecule has 3 atom stereocenters. The van der Waals surface area contributed by atoms with Crippen molar-refractivity contribution in [3.8, 4) is 0 Å². The molecule has 0 radical (unpaired) electrons. The fourth-order valence-corrected chi connectivity index (χ4v) is 4.16. The highest BCUT2D eigenvalue weighted by molar-refractivity contribution is 6.32. The minimum atomic E-state index is -0.421. The highest BCUT2D eigenvalue weighted by atomic mass is 35.5. The summed E-state index contributed by atoms with van der Waals surface area (Å²) < 4.78 is 7.27. The molecule has 0 saturated carbocycles. The highest BCUT2D eigenvalue weighted by Gasteiger charge is 2.41. The Balaban J connectivity index is 1.66. The van der Waals surface area contributed by atoms with Gasteiger partial charge in [-0.25, -0.2) is 4.98 Å². The average Bonchev–Trinajstić information content (AvgIpc) is 3.18. The van der Waals surface area contributed by atoms with Gasteiger partial charge in [0, 0.05) is 31.3 Å². The highest BCUT2D eigenvalue weighted by Crippen LogP contribution is 2.32. The molecular weight excluding hydrogens is 330 g/mol. The normalized spacial score (nSPS) is 27.8. The van der Waals surface area contributed by atoms with Crippen LogP contribution in [0.25, 0.3) is 5.65 Å². The van der Waals surface area contributed by atoms with E-state index in [9.17, 15) is 9.90 Å². The molecule has 2 aromatic rings. The largest absolute Gasteiger partial charge is 0.393 e. The van der Waals surface area contributed by atoms with Crippen molar-refractivity contribution in [1.29, 1.82) is 0 Å². The minimum absolute atomic E-state index is 0.0156. The Kier molecular flexibility index (Phi) is 4.20. The van der Waals surface area contributed by atoms with Gasteiger partial charge in [-0.05, 0) is 31.4 Å². The molecule has 4 rings (SSSR count). The SMILES string of the molecule is O=C(c1c(Cl)nc2ccccn12)N1CCC[C@@H]1[C@@H]1COCC[C@H]1O. The van der Waals surface area contributed by atoms with E-state index in [-0.39, 0.29) is 23.0 Å². The molecular formula is C17H20ClN3O3. The number of aliphatic hydroxyl groups is 1. The summed E-state index contributed by atoms with van der Waals surface area (Å²) in [5.74, 6) is -0.165. The van der Waals surface area contributed by atoms with Gasteiger partial charge in [0.1, 0.15) is 5.65 Å². The first-order valence-corrected chi connectivity index (χ1v) is 8.74. The molecule has 0 aromatic carbocycles. The summed E-state index contributed by atoms with van der Waals surface area (Å²) in [7, 11) is 0. The van der Waals surface area contributed by atoms with Crippen LogP contribution in [0.4, 0.5) is 0 Å². The number of fused-ring (bicyclic) bond motifs is 1. The second-order valence-corrected chi connectivity index (χ2v) is 6.84. The van der Waals surface area contributed by atoms with Crippen LogP contribution in [0.2, 0.25) is 5.15 Å². The van der Waals surface area contributed by atoms with E-state index in [4.69, 9.17) is 16.3 Å². The maximum absolute atomic E-state index is 13.2. The molecule has 0 bridgehead atoms. The summed E-state index contributed by atoms with van der Waals surface area (Å²) in [6, 6.07) is 5.52. The van der Waals surface area contributed by atoms with Crippen molar-refractivity contribution in [2.24, 2.45) is 5.92 Å². The van der Waals surface area contributed by atoms with Crippen molar-refractivity contribution in [1.82, 2.24) is 14.3 Å². The maximum Gasteiger partial charge on any atom is 0.274 e. The van der Waals surface area contributed by atoms with Gasteiger partial charge < -0.3 is 14.7 Å². The van der Waals surface area contributed by atoms with Gasteiger partial charge in [0.2, 0.25) is 0 Å². The zero-order chi connectivity index (χ0) is 16.7. The predicted octanol–water partition coefficient (Wildman–Crippen LogP) is 1.99. The first-order valence-electron chi connectivity index (χ1n) is 8.36. The van der Waals surface area contributed by atoms with E-state index in [1.807, 2.05) is 23.1 Å². The Labute approximate surface area is 145 Å². The number of nitrogens with zero attached hydrogens (tertiary/aromatic N) is 3. The molecule has 128 valence electrons. The van der Waals surface area contributed by atoms with Crippen LogP contribution >= 0.6 is 11.6 Å². The molecule has 1 amide bonds. The van der Waals surface area contributed by atoms with E-state index in [2.05, 4.69) is 4.98 Å². The summed E-state index contributed by atoms with van der Waals surface area (Å²) in [5.41, 5.74) is 1.05. The van der Waals surface area contributed by atoms with Crippen LogP contribution in [0.1, 0.15) is 29.8 Å². The number of halogens is 1. The van der Waals surface area contributed by atoms with Crippen LogP contribution in [0.5, 0.6) is 0 Å². The van der Waals surface area contributed by atoms with E-state index in [1.165, 1.54) is 0 Å². The molecule has 2 aliphatic rings. The summed E-state index contributed by atoms with van der Waals surface area (Å²) in [6.07, 6.45) is 3.80. The van der Waals surface area contributed by atoms with Crippen molar-refractivity contribution in [2.75, 3.05) is 19.8 Å². The Bertz CT molecular complexity index is 763. The summed E-state index contributed by atoms with van der Waals surface area (Å²) in [6.45, 7) is 1.75. The number of amides is 1. The number of pyridine rings is 1. The van der Waals surface area contributed by atoms with Gasteiger partial charge in [-0.15, -0.1) is 0 Å². The lowest BCUT2D eigenvalue weighted by molar-refractivity contribution is -0.0590. The summed E-state index contributed by atoms with van der Waals surface area (Å²) >= 11 is 6.25. The number of rotatable bonds is 2. The number of ether oxygens (including phenoxy) is 1. The number of likely N-dealkylation sites (tertiary alicyclic amines) is 1. The van der Waals surface area contributed by atoms with Crippen molar-refractivity contribution in [2.45, 2.75) is 31.4 Å². The molecule has 0 aliphatic carbocycles. The third kappa shape index (κ3) is 2.59. The van der Waals surface area contributed by atoms with Gasteiger partial charge in [-0.3, -0.25) is 9.20 Å². The Hall–Kier alpha value is -1.63. The fraction of sp³-hybridized carbons (Fsp3) is 0.529. The molecule has 24 heavy (non-hydrogen) atoms. The lowest BCUT2D eigenvalue weighted by Crippen LogP contribution is -2.48. The Morgan fingerprint density at radius 1 is 1.38 bits per heavy atom. The monoisotopic (exact) mass is 349 g/mol. The van der Waals surface area contributed by atoms with Crippen molar-refractivity contribution < 1.29 is 14.6 Å². The molecule has 2 aliphatic heterocycles. The first-order chi connectivity index (χ1) is 11.7. The third-order valence-corrected chi connectivity index (χ3v) is 5.37. The summed E-state index contributed by atoms with van der Waals surface area (Å²) in [4.78, 5) is 19.3. The van der Waals surface area contributed by atoms with Gasteiger partial charge in [-0.2, -0.15) is 0 Å². The van der Waals surface area contributed by atoms with Crippen LogP contribution in [0, 0.1) is 5.92 Å². The topological polar surface area (TPSA) is 67.1 Å². The zero-order valence-electron chi connectivity index (χ0n) is 13.3. The quantitative estimate of drug-likeness (QED) is 0.900. The lowest BCUT2D eigenvalue weighted by atomic mass is 9.89. The van der Waals surface area contributed by atoms with Crippen LogP contribution in [0.3, 0.4) is 0 Å². The second-order valence-electron chi connectivity index (χ2n) is 6.48. The molecule has 7 heteroatoms. The van der Waals surface area contributed by atoms with Crippen LogP contribution in [-0.4, -0.2) is 57.2 Å². The number of hydrogen-bond donors (Lipinski definition) is 1. The third-order valence-electron chi connectivity index (χ3n) is 5.11. The van der Waals surface area contributed by atoms with Crippen molar-refractivity contribution in [3.63, 3.8) is 0 Å². The fourth-order valence-electron chi connectivity index (χ4n) is 3.90. The molecule has 6 nitrogen and oxygen atoms in total. The molecule has 0 spiro atoms. The maximum atomic E-state index is 13.2. The molecule has 2 fully saturated rings. The number of carbonyl (C=O) groups is 1. The predicted molar refractivity (Wildman–Crippen MR) is 89.2 cm³/mol. The van der Waals surface area contributed by atoms with Gasteiger partial charge in [-0.1, -0.05) is 17.7 Å². The molecule has 1 N–H and O–H groups in total. The molecule has 0 unspecified atom stereocenters. The second kappa shape index (κ2) is 6.35. The van der Waals surface area contributed by atoms with Gasteiger partial charge >= 0.3 is 0 Å². The van der Waals surface area contributed by atoms with Gasteiger partial charge in [0.15, 0.2) is 10.8 Å². The van der Waals surface area contributed by atoms with E-state index in [1.54, 1.807) is 10.6 Å². The van der Waals surface area contributed by atoms with Crippen LogP contribution in [-0.2, 0) is 4.74 Å². The van der Waals surface area contributed by atoms with Gasteiger partial charge in [0.25, 0.3) is 5.91 Å².